The molecule has 0 unspecified atom stereocenters. The first-order valence-electron chi connectivity index (χ1n) is 8.06. The molecule has 0 saturated heterocycles. The predicted octanol–water partition coefficient (Wildman–Crippen LogP) is 2.82. The van der Waals surface area contributed by atoms with Crippen LogP contribution in [0.1, 0.15) is 28.7 Å². The number of hydrogen-bond acceptors (Lipinski definition) is 5. The molecule has 0 aliphatic heterocycles. The second-order valence-electron chi connectivity index (χ2n) is 6.02. The molecule has 26 heavy (non-hydrogen) atoms. The van der Waals surface area contributed by atoms with Gasteiger partial charge in [0.2, 0.25) is 0 Å². The number of allylic oxidation sites excluding steroid dienone is 1. The summed E-state index contributed by atoms with van der Waals surface area (Å²) in [5, 5.41) is 14.0. The number of carboxylic acids is 1. The van der Waals surface area contributed by atoms with Crippen LogP contribution in [-0.2, 0) is 17.8 Å². The molecule has 0 saturated carbocycles. The van der Waals surface area contributed by atoms with E-state index >= 15 is 0 Å². The van der Waals surface area contributed by atoms with Gasteiger partial charge in [0.05, 0.1) is 23.1 Å². The van der Waals surface area contributed by atoms with E-state index in [-0.39, 0.29) is 18.0 Å². The van der Waals surface area contributed by atoms with Gasteiger partial charge in [-0.05, 0) is 31.0 Å². The largest absolute Gasteiger partial charge is 0.480 e. The molecule has 7 heteroatoms. The number of rotatable bonds is 6. The Kier molecular flexibility index (Phi) is 4.62. The van der Waals surface area contributed by atoms with Crippen molar-refractivity contribution < 1.29 is 14.7 Å². The SMILES string of the molecule is C=CCc1cc(-c2cnc(C)cn2)cc2c(C(C)=O)nn(CC(=O)O)c12. The highest BCUT2D eigenvalue weighted by atomic mass is 16.4. The number of carbonyl (C=O) groups is 2. The van der Waals surface area contributed by atoms with E-state index < -0.39 is 5.97 Å². The molecule has 0 radical (unpaired) electrons. The Labute approximate surface area is 150 Å². The molecule has 7 nitrogen and oxygen atoms in total. The Morgan fingerprint density at radius 1 is 1.27 bits per heavy atom. The number of nitrogens with zero attached hydrogens (tertiary/aromatic N) is 4. The topological polar surface area (TPSA) is 98.0 Å². The number of aryl methyl sites for hydroxylation is 1. The van der Waals surface area contributed by atoms with Gasteiger partial charge in [-0.3, -0.25) is 24.2 Å². The van der Waals surface area contributed by atoms with Crippen LogP contribution in [0, 0.1) is 6.92 Å². The predicted molar refractivity (Wildman–Crippen MR) is 97.0 cm³/mol. The molecule has 0 spiro atoms. The Morgan fingerprint density at radius 3 is 2.62 bits per heavy atom. The second-order valence-corrected chi connectivity index (χ2v) is 6.02. The average Bonchev–Trinajstić information content (AvgIpc) is 2.94. The highest BCUT2D eigenvalue weighted by Gasteiger charge is 2.20. The molecular weight excluding hydrogens is 332 g/mol. The lowest BCUT2D eigenvalue weighted by Gasteiger charge is -2.08. The maximum Gasteiger partial charge on any atom is 0.325 e. The summed E-state index contributed by atoms with van der Waals surface area (Å²) in [7, 11) is 0. The van der Waals surface area contributed by atoms with E-state index in [1.165, 1.54) is 11.6 Å². The van der Waals surface area contributed by atoms with Crippen LogP contribution >= 0.6 is 0 Å². The first-order valence-corrected chi connectivity index (χ1v) is 8.06. The van der Waals surface area contributed by atoms with Gasteiger partial charge in [0, 0.05) is 24.1 Å². The zero-order chi connectivity index (χ0) is 18.8. The fourth-order valence-electron chi connectivity index (χ4n) is 2.91. The molecule has 132 valence electrons. The van der Waals surface area contributed by atoms with Crippen molar-refractivity contribution in [2.24, 2.45) is 0 Å². The highest BCUT2D eigenvalue weighted by Crippen LogP contribution is 2.30. The van der Waals surface area contributed by atoms with E-state index in [0.717, 1.165) is 16.8 Å². The first-order chi connectivity index (χ1) is 12.4. The lowest BCUT2D eigenvalue weighted by atomic mass is 10.00. The minimum Gasteiger partial charge on any atom is -0.480 e. The van der Waals surface area contributed by atoms with Crippen LogP contribution in [0.4, 0.5) is 0 Å². The normalized spacial score (nSPS) is 10.8. The van der Waals surface area contributed by atoms with Crippen LogP contribution in [0.5, 0.6) is 0 Å². The molecule has 3 aromatic rings. The third-order valence-electron chi connectivity index (χ3n) is 3.98. The fraction of sp³-hybridized carbons (Fsp3) is 0.211. The van der Waals surface area contributed by atoms with Crippen LogP contribution in [-0.4, -0.2) is 36.6 Å². The summed E-state index contributed by atoms with van der Waals surface area (Å²) in [5.41, 5.74) is 3.97. The van der Waals surface area contributed by atoms with Gasteiger partial charge in [-0.25, -0.2) is 0 Å². The van der Waals surface area contributed by atoms with Crippen LogP contribution in [0.3, 0.4) is 0 Å². The summed E-state index contributed by atoms with van der Waals surface area (Å²) in [5.74, 6) is -1.25. The Morgan fingerprint density at radius 2 is 2.04 bits per heavy atom. The van der Waals surface area contributed by atoms with E-state index in [1.54, 1.807) is 18.5 Å². The minimum atomic E-state index is -1.03. The molecular formula is C19H18N4O3. The van der Waals surface area contributed by atoms with Gasteiger partial charge in [0.1, 0.15) is 12.2 Å². The number of hydrogen-bond donors (Lipinski definition) is 1. The number of carbonyl (C=O) groups excluding carboxylic acids is 1. The molecule has 0 aliphatic rings. The van der Waals surface area contributed by atoms with Crippen molar-refractivity contribution in [3.63, 3.8) is 0 Å². The lowest BCUT2D eigenvalue weighted by molar-refractivity contribution is -0.137. The average molecular weight is 350 g/mol. The van der Waals surface area contributed by atoms with E-state index in [1.807, 2.05) is 19.1 Å². The van der Waals surface area contributed by atoms with Crippen molar-refractivity contribution in [1.29, 1.82) is 0 Å². The molecule has 0 atom stereocenters. The molecule has 0 bridgehead atoms. The number of aliphatic carboxylic acids is 1. The Hall–Kier alpha value is -3.35. The van der Waals surface area contributed by atoms with Gasteiger partial charge in [-0.15, -0.1) is 6.58 Å². The molecule has 0 aliphatic carbocycles. The van der Waals surface area contributed by atoms with Crippen molar-refractivity contribution in [3.8, 4) is 11.3 Å². The smallest absolute Gasteiger partial charge is 0.325 e. The summed E-state index contributed by atoms with van der Waals surface area (Å²) in [4.78, 5) is 31.9. The van der Waals surface area contributed by atoms with Crippen molar-refractivity contribution in [1.82, 2.24) is 19.7 Å². The summed E-state index contributed by atoms with van der Waals surface area (Å²) in [6.07, 6.45) is 5.58. The van der Waals surface area contributed by atoms with Crippen LogP contribution < -0.4 is 0 Å². The van der Waals surface area contributed by atoms with Crippen molar-refractivity contribution in [2.75, 3.05) is 0 Å². The van der Waals surface area contributed by atoms with Crippen molar-refractivity contribution in [2.45, 2.75) is 26.8 Å². The first kappa shape index (κ1) is 17.5. The standard InChI is InChI=1S/C19H18N4O3/c1-4-5-13-6-14(16-9-20-11(2)8-21-16)7-15-18(12(3)24)22-23(19(13)15)10-17(25)26/h4,6-9H,1,5,10H2,2-3H3,(H,25,26). The summed E-state index contributed by atoms with van der Waals surface area (Å²) in [6.45, 7) is 6.72. The number of aromatic nitrogens is 4. The zero-order valence-electron chi connectivity index (χ0n) is 14.6. The molecule has 1 N–H and O–H groups in total. The van der Waals surface area contributed by atoms with Gasteiger partial charge in [0.15, 0.2) is 5.78 Å². The summed E-state index contributed by atoms with van der Waals surface area (Å²) >= 11 is 0. The summed E-state index contributed by atoms with van der Waals surface area (Å²) in [6, 6.07) is 3.72. The van der Waals surface area contributed by atoms with Gasteiger partial charge < -0.3 is 5.11 Å². The maximum absolute atomic E-state index is 12.0. The van der Waals surface area contributed by atoms with Gasteiger partial charge >= 0.3 is 5.97 Å². The number of fused-ring (bicyclic) bond motifs is 1. The third-order valence-corrected chi connectivity index (χ3v) is 3.98. The van der Waals surface area contributed by atoms with Gasteiger partial charge in [0.25, 0.3) is 0 Å². The number of carboxylic acid groups (broad SMARTS) is 1. The fourth-order valence-corrected chi connectivity index (χ4v) is 2.91. The molecule has 2 aromatic heterocycles. The molecule has 3 rings (SSSR count). The number of benzene rings is 1. The number of Topliss-reactive ketones (excluding diaryl/α,β-unsaturated/α-hetero) is 1. The highest BCUT2D eigenvalue weighted by molar-refractivity contribution is 6.06. The van der Waals surface area contributed by atoms with Crippen LogP contribution in [0.2, 0.25) is 0 Å². The van der Waals surface area contributed by atoms with E-state index in [9.17, 15) is 9.59 Å². The van der Waals surface area contributed by atoms with Crippen molar-refractivity contribution in [3.05, 3.63) is 54.1 Å². The Balaban J connectivity index is 2.32. The molecule has 0 fully saturated rings. The van der Waals surface area contributed by atoms with Crippen LogP contribution in [0.25, 0.3) is 22.2 Å². The van der Waals surface area contributed by atoms with E-state index in [2.05, 4.69) is 21.6 Å². The quantitative estimate of drug-likeness (QED) is 0.542. The third kappa shape index (κ3) is 3.23. The zero-order valence-corrected chi connectivity index (χ0v) is 14.6. The number of ketones is 1. The molecule has 0 amide bonds. The van der Waals surface area contributed by atoms with Crippen molar-refractivity contribution >= 4 is 22.7 Å². The lowest BCUT2D eigenvalue weighted by Crippen LogP contribution is -2.11. The van der Waals surface area contributed by atoms with Gasteiger partial charge in [-0.1, -0.05) is 6.08 Å². The molecule has 2 heterocycles. The van der Waals surface area contributed by atoms with E-state index in [4.69, 9.17) is 5.11 Å². The molecule has 1 aromatic carbocycles. The second kappa shape index (κ2) is 6.87. The minimum absolute atomic E-state index is 0.226. The summed E-state index contributed by atoms with van der Waals surface area (Å²) < 4.78 is 1.36. The van der Waals surface area contributed by atoms with Gasteiger partial charge in [-0.2, -0.15) is 5.10 Å². The Bertz CT molecular complexity index is 1020. The van der Waals surface area contributed by atoms with Crippen LogP contribution in [0.15, 0.2) is 37.2 Å². The monoisotopic (exact) mass is 350 g/mol. The maximum atomic E-state index is 12.0. The van der Waals surface area contributed by atoms with E-state index in [0.29, 0.717) is 23.0 Å².